The Balaban J connectivity index is 2.24. The van der Waals surface area contributed by atoms with Crippen molar-refractivity contribution in [2.45, 2.75) is 26.2 Å². The molecule has 0 atom stereocenters. The summed E-state index contributed by atoms with van der Waals surface area (Å²) in [6, 6.07) is 3.33. The molecule has 4 heteroatoms. The van der Waals surface area contributed by atoms with Crippen LogP contribution in [-0.4, -0.2) is 12.6 Å². The van der Waals surface area contributed by atoms with E-state index in [9.17, 15) is 4.79 Å². The molecule has 1 aliphatic heterocycles. The Morgan fingerprint density at radius 1 is 1.38 bits per heavy atom. The molecule has 0 spiro atoms. The van der Waals surface area contributed by atoms with Gasteiger partial charge in [0.05, 0.1) is 0 Å². The molecule has 0 aromatic heterocycles. The maximum Gasteiger partial charge on any atom is 0.231 e. The highest BCUT2D eigenvalue weighted by atomic mass is 16.7. The Labute approximate surface area is 94.3 Å². The molecule has 0 amide bonds. The number of carbonyl (C=O) groups excluding carboxylic acids is 1. The molecule has 1 aromatic carbocycles. The third-order valence-corrected chi connectivity index (χ3v) is 2.60. The zero-order chi connectivity index (χ0) is 11.5. The van der Waals surface area contributed by atoms with Gasteiger partial charge in [0, 0.05) is 23.7 Å². The summed E-state index contributed by atoms with van der Waals surface area (Å²) >= 11 is 0. The van der Waals surface area contributed by atoms with Crippen molar-refractivity contribution in [2.24, 2.45) is 0 Å². The zero-order valence-electron chi connectivity index (χ0n) is 9.29. The van der Waals surface area contributed by atoms with Crippen LogP contribution < -0.4 is 15.2 Å². The third-order valence-electron chi connectivity index (χ3n) is 2.60. The van der Waals surface area contributed by atoms with Gasteiger partial charge < -0.3 is 15.2 Å². The number of ketones is 1. The van der Waals surface area contributed by atoms with Crippen molar-refractivity contribution < 1.29 is 14.3 Å². The number of carbonyl (C=O) groups is 1. The number of benzene rings is 1. The van der Waals surface area contributed by atoms with Crippen LogP contribution in [0.4, 0.5) is 5.69 Å². The Kier molecular flexibility index (Phi) is 2.99. The average molecular weight is 221 g/mol. The summed E-state index contributed by atoms with van der Waals surface area (Å²) in [5.74, 6) is 1.29. The highest BCUT2D eigenvalue weighted by molar-refractivity contribution is 6.01. The standard InChI is InChI=1S/C12H15NO3/c1-2-3-4-10(14)8-5-11-12(6-9(8)13)16-7-15-11/h5-6H,2-4,7,13H2,1H3. The van der Waals surface area contributed by atoms with Crippen molar-refractivity contribution in [3.63, 3.8) is 0 Å². The van der Waals surface area contributed by atoms with Crippen LogP contribution in [0.15, 0.2) is 12.1 Å². The molecule has 0 saturated carbocycles. The lowest BCUT2D eigenvalue weighted by Gasteiger charge is -2.06. The number of anilines is 1. The van der Waals surface area contributed by atoms with Gasteiger partial charge in [-0.2, -0.15) is 0 Å². The highest BCUT2D eigenvalue weighted by Gasteiger charge is 2.19. The lowest BCUT2D eigenvalue weighted by atomic mass is 10.0. The van der Waals surface area contributed by atoms with Crippen LogP contribution in [0.1, 0.15) is 36.5 Å². The number of nitrogen functional groups attached to an aromatic ring is 1. The molecule has 0 bridgehead atoms. The summed E-state index contributed by atoms with van der Waals surface area (Å²) in [7, 11) is 0. The fourth-order valence-corrected chi connectivity index (χ4v) is 1.67. The predicted octanol–water partition coefficient (Wildman–Crippen LogP) is 2.37. The van der Waals surface area contributed by atoms with E-state index in [-0.39, 0.29) is 12.6 Å². The minimum Gasteiger partial charge on any atom is -0.454 e. The molecular formula is C12H15NO3. The van der Waals surface area contributed by atoms with E-state index >= 15 is 0 Å². The second kappa shape index (κ2) is 4.43. The summed E-state index contributed by atoms with van der Waals surface area (Å²) in [4.78, 5) is 11.8. The molecule has 4 nitrogen and oxygen atoms in total. The Hall–Kier alpha value is -1.71. The quantitative estimate of drug-likeness (QED) is 0.626. The Morgan fingerprint density at radius 3 is 2.75 bits per heavy atom. The molecule has 0 saturated heterocycles. The number of rotatable bonds is 4. The van der Waals surface area contributed by atoms with E-state index in [1.165, 1.54) is 0 Å². The average Bonchev–Trinajstić information content (AvgIpc) is 2.71. The molecule has 86 valence electrons. The fourth-order valence-electron chi connectivity index (χ4n) is 1.67. The summed E-state index contributed by atoms with van der Waals surface area (Å²) in [5.41, 5.74) is 6.81. The minimum atomic E-state index is 0.0673. The molecule has 16 heavy (non-hydrogen) atoms. The van der Waals surface area contributed by atoms with Gasteiger partial charge in [-0.1, -0.05) is 13.3 Å². The number of nitrogens with two attached hydrogens (primary N) is 1. The number of Topliss-reactive ketones (excluding diaryl/α,β-unsaturated/α-hetero) is 1. The Morgan fingerprint density at radius 2 is 2.06 bits per heavy atom. The van der Waals surface area contributed by atoms with Crippen LogP contribution in [0, 0.1) is 0 Å². The fraction of sp³-hybridized carbons (Fsp3) is 0.417. The van der Waals surface area contributed by atoms with Crippen LogP contribution >= 0.6 is 0 Å². The number of hydrogen-bond acceptors (Lipinski definition) is 4. The Bertz CT molecular complexity index is 415. The molecule has 0 fully saturated rings. The molecule has 1 heterocycles. The number of hydrogen-bond donors (Lipinski definition) is 1. The van der Waals surface area contributed by atoms with Crippen molar-refractivity contribution in [1.82, 2.24) is 0 Å². The number of ether oxygens (including phenoxy) is 2. The summed E-state index contributed by atoms with van der Waals surface area (Å²) < 4.78 is 10.4. The maximum atomic E-state index is 11.8. The van der Waals surface area contributed by atoms with E-state index in [1.54, 1.807) is 12.1 Å². The van der Waals surface area contributed by atoms with Gasteiger partial charge in [0.25, 0.3) is 0 Å². The van der Waals surface area contributed by atoms with Gasteiger partial charge in [-0.25, -0.2) is 0 Å². The monoisotopic (exact) mass is 221 g/mol. The predicted molar refractivity (Wildman–Crippen MR) is 60.8 cm³/mol. The van der Waals surface area contributed by atoms with Crippen LogP contribution in [0.3, 0.4) is 0 Å². The van der Waals surface area contributed by atoms with Crippen LogP contribution in [0.5, 0.6) is 11.5 Å². The van der Waals surface area contributed by atoms with Crippen molar-refractivity contribution in [3.05, 3.63) is 17.7 Å². The normalized spacial score (nSPS) is 12.8. The molecule has 0 unspecified atom stereocenters. The second-order valence-electron chi connectivity index (χ2n) is 3.82. The second-order valence-corrected chi connectivity index (χ2v) is 3.82. The first-order chi connectivity index (χ1) is 7.72. The first-order valence-electron chi connectivity index (χ1n) is 5.44. The van der Waals surface area contributed by atoms with Crippen LogP contribution in [-0.2, 0) is 0 Å². The first-order valence-corrected chi connectivity index (χ1v) is 5.44. The largest absolute Gasteiger partial charge is 0.454 e. The van der Waals surface area contributed by atoms with Gasteiger partial charge in [0.1, 0.15) is 0 Å². The van der Waals surface area contributed by atoms with Crippen LogP contribution in [0.2, 0.25) is 0 Å². The summed E-state index contributed by atoms with van der Waals surface area (Å²) in [6.45, 7) is 2.25. The van der Waals surface area contributed by atoms with Crippen molar-refractivity contribution >= 4 is 11.5 Å². The highest BCUT2D eigenvalue weighted by Crippen LogP contribution is 2.36. The van der Waals surface area contributed by atoms with E-state index in [1.807, 2.05) is 0 Å². The lowest BCUT2D eigenvalue weighted by molar-refractivity contribution is 0.0980. The minimum absolute atomic E-state index is 0.0673. The molecule has 0 radical (unpaired) electrons. The van der Waals surface area contributed by atoms with Gasteiger partial charge in [0.2, 0.25) is 6.79 Å². The van der Waals surface area contributed by atoms with Crippen LogP contribution in [0.25, 0.3) is 0 Å². The van der Waals surface area contributed by atoms with E-state index < -0.39 is 0 Å². The zero-order valence-corrected chi connectivity index (χ0v) is 9.29. The smallest absolute Gasteiger partial charge is 0.231 e. The van der Waals surface area contributed by atoms with Crippen molar-refractivity contribution in [3.8, 4) is 11.5 Å². The van der Waals surface area contributed by atoms with Gasteiger partial charge in [0.15, 0.2) is 17.3 Å². The van der Waals surface area contributed by atoms with Gasteiger partial charge in [-0.3, -0.25) is 4.79 Å². The molecular weight excluding hydrogens is 206 g/mol. The van der Waals surface area contributed by atoms with E-state index in [0.29, 0.717) is 29.2 Å². The number of fused-ring (bicyclic) bond motifs is 1. The van der Waals surface area contributed by atoms with Gasteiger partial charge in [-0.15, -0.1) is 0 Å². The number of unbranched alkanes of at least 4 members (excludes halogenated alkanes) is 1. The van der Waals surface area contributed by atoms with Gasteiger partial charge in [-0.05, 0) is 12.5 Å². The molecule has 1 aromatic rings. The summed E-state index contributed by atoms with van der Waals surface area (Å²) in [5, 5.41) is 0. The lowest BCUT2D eigenvalue weighted by Crippen LogP contribution is -2.03. The molecule has 1 aliphatic rings. The first kappa shape index (κ1) is 10.8. The van der Waals surface area contributed by atoms with E-state index in [0.717, 1.165) is 12.8 Å². The molecule has 2 N–H and O–H groups in total. The molecule has 2 rings (SSSR count). The SMILES string of the molecule is CCCCC(=O)c1cc2c(cc1N)OCO2. The van der Waals surface area contributed by atoms with E-state index in [4.69, 9.17) is 15.2 Å². The van der Waals surface area contributed by atoms with Gasteiger partial charge >= 0.3 is 0 Å². The maximum absolute atomic E-state index is 11.8. The topological polar surface area (TPSA) is 61.6 Å². The van der Waals surface area contributed by atoms with E-state index in [2.05, 4.69) is 6.92 Å². The van der Waals surface area contributed by atoms with Crippen molar-refractivity contribution in [1.29, 1.82) is 0 Å². The summed E-state index contributed by atoms with van der Waals surface area (Å²) in [6.07, 6.45) is 2.41. The third kappa shape index (κ3) is 1.96. The van der Waals surface area contributed by atoms with Crippen molar-refractivity contribution in [2.75, 3.05) is 12.5 Å². The molecule has 0 aliphatic carbocycles.